The molecule has 1 N–H and O–H groups in total. The topological polar surface area (TPSA) is 114 Å². The van der Waals surface area contributed by atoms with E-state index in [4.69, 9.17) is 14.7 Å². The number of carbonyl (C=O) groups excluding carboxylic acids is 1. The molecule has 0 aliphatic carbocycles. The van der Waals surface area contributed by atoms with Crippen LogP contribution in [-0.4, -0.2) is 24.0 Å². The summed E-state index contributed by atoms with van der Waals surface area (Å²) >= 11 is 0. The van der Waals surface area contributed by atoms with Gasteiger partial charge in [-0.3, -0.25) is 14.9 Å². The quantitative estimate of drug-likeness (QED) is 0.638. The molecule has 25 heavy (non-hydrogen) atoms. The molecule has 0 saturated heterocycles. The second-order valence-electron chi connectivity index (χ2n) is 5.00. The van der Waals surface area contributed by atoms with E-state index in [1.807, 2.05) is 6.07 Å². The molecular weight excluding hydrogens is 326 g/mol. The maximum Gasteiger partial charge on any atom is 0.271 e. The summed E-state index contributed by atoms with van der Waals surface area (Å²) < 4.78 is 10.6. The summed E-state index contributed by atoms with van der Waals surface area (Å²) in [6.45, 7) is 1.51. The first-order chi connectivity index (χ1) is 12.0. The number of benzene rings is 2. The monoisotopic (exact) mass is 341 g/mol. The number of ether oxygens (including phenoxy) is 2. The Morgan fingerprint density at radius 1 is 1.28 bits per heavy atom. The van der Waals surface area contributed by atoms with Crippen LogP contribution in [0.2, 0.25) is 0 Å². The molecule has 128 valence electrons. The molecule has 8 nitrogen and oxygen atoms in total. The molecule has 1 atom stereocenters. The number of nitrogens with one attached hydrogen (secondary N) is 1. The number of carbonyl (C=O) groups is 1. The summed E-state index contributed by atoms with van der Waals surface area (Å²) in [5.74, 6) is 0.0220. The van der Waals surface area contributed by atoms with Crippen molar-refractivity contribution in [3.05, 3.63) is 58.1 Å². The van der Waals surface area contributed by atoms with Gasteiger partial charge in [-0.2, -0.15) is 5.26 Å². The lowest BCUT2D eigenvalue weighted by atomic mass is 10.2. The van der Waals surface area contributed by atoms with E-state index in [-0.39, 0.29) is 22.9 Å². The molecule has 0 fully saturated rings. The van der Waals surface area contributed by atoms with Crippen molar-refractivity contribution in [2.45, 2.75) is 13.0 Å². The number of para-hydroxylation sites is 1. The lowest BCUT2D eigenvalue weighted by Gasteiger charge is -2.16. The van der Waals surface area contributed by atoms with Crippen molar-refractivity contribution in [2.24, 2.45) is 0 Å². The van der Waals surface area contributed by atoms with Crippen LogP contribution in [0, 0.1) is 21.4 Å². The fourth-order valence-electron chi connectivity index (χ4n) is 2.05. The zero-order valence-electron chi connectivity index (χ0n) is 13.6. The second kappa shape index (κ2) is 7.79. The SMILES string of the molecule is COc1ccc([N+](=O)[O-])cc1NC(=O)[C@H](C)Oc1ccccc1C#N. The molecule has 0 aromatic heterocycles. The molecule has 0 saturated carbocycles. The second-order valence-corrected chi connectivity index (χ2v) is 5.00. The Kier molecular flexibility index (Phi) is 5.53. The van der Waals surface area contributed by atoms with Crippen molar-refractivity contribution in [3.8, 4) is 17.6 Å². The van der Waals surface area contributed by atoms with Crippen LogP contribution in [0.5, 0.6) is 11.5 Å². The van der Waals surface area contributed by atoms with Gasteiger partial charge in [0.1, 0.15) is 17.6 Å². The molecule has 2 aromatic carbocycles. The van der Waals surface area contributed by atoms with Gasteiger partial charge in [0.2, 0.25) is 0 Å². The number of nitriles is 1. The van der Waals surface area contributed by atoms with Crippen molar-refractivity contribution in [1.29, 1.82) is 5.26 Å². The summed E-state index contributed by atoms with van der Waals surface area (Å²) in [6.07, 6.45) is -0.932. The highest BCUT2D eigenvalue weighted by Gasteiger charge is 2.19. The Balaban J connectivity index is 2.17. The maximum absolute atomic E-state index is 12.3. The molecule has 0 aliphatic heterocycles. The maximum atomic E-state index is 12.3. The fourth-order valence-corrected chi connectivity index (χ4v) is 2.05. The first kappa shape index (κ1) is 17.7. The first-order valence-electron chi connectivity index (χ1n) is 7.25. The standard InChI is InChI=1S/C17H15N3O5/c1-11(25-15-6-4-3-5-12(15)10-18)17(21)19-14-9-13(20(22)23)7-8-16(14)24-2/h3-9,11H,1-2H3,(H,19,21)/t11-/m0/s1. The number of amides is 1. The molecule has 0 heterocycles. The van der Waals surface area contributed by atoms with Crippen molar-refractivity contribution in [3.63, 3.8) is 0 Å². The van der Waals surface area contributed by atoms with Crippen LogP contribution in [0.15, 0.2) is 42.5 Å². The summed E-state index contributed by atoms with van der Waals surface area (Å²) in [5.41, 5.74) is 0.278. The van der Waals surface area contributed by atoms with Gasteiger partial charge in [-0.1, -0.05) is 12.1 Å². The third kappa shape index (κ3) is 4.23. The van der Waals surface area contributed by atoms with Crippen LogP contribution >= 0.6 is 0 Å². The Morgan fingerprint density at radius 2 is 2.00 bits per heavy atom. The van der Waals surface area contributed by atoms with Crippen molar-refractivity contribution in [1.82, 2.24) is 0 Å². The third-order valence-corrected chi connectivity index (χ3v) is 3.33. The minimum absolute atomic E-state index is 0.158. The van der Waals surface area contributed by atoms with Crippen LogP contribution in [0.3, 0.4) is 0 Å². The molecule has 8 heteroatoms. The molecule has 2 rings (SSSR count). The predicted octanol–water partition coefficient (Wildman–Crippen LogP) is 2.88. The van der Waals surface area contributed by atoms with Crippen molar-refractivity contribution < 1.29 is 19.2 Å². The van der Waals surface area contributed by atoms with E-state index in [0.29, 0.717) is 5.56 Å². The number of hydrogen-bond donors (Lipinski definition) is 1. The number of non-ortho nitro benzene ring substituents is 1. The van der Waals surface area contributed by atoms with E-state index < -0.39 is 16.9 Å². The van der Waals surface area contributed by atoms with Gasteiger partial charge in [0.15, 0.2) is 6.10 Å². The number of rotatable bonds is 6. The zero-order chi connectivity index (χ0) is 18.4. The summed E-state index contributed by atoms with van der Waals surface area (Å²) in [6, 6.07) is 12.4. The number of methoxy groups -OCH3 is 1. The molecule has 0 spiro atoms. The van der Waals surface area contributed by atoms with Crippen LogP contribution in [0.1, 0.15) is 12.5 Å². The highest BCUT2D eigenvalue weighted by Crippen LogP contribution is 2.29. The van der Waals surface area contributed by atoms with Crippen molar-refractivity contribution in [2.75, 3.05) is 12.4 Å². The van der Waals surface area contributed by atoms with Gasteiger partial charge in [0.25, 0.3) is 11.6 Å². The van der Waals surface area contributed by atoms with E-state index in [1.54, 1.807) is 24.3 Å². The van der Waals surface area contributed by atoms with E-state index >= 15 is 0 Å². The minimum atomic E-state index is -0.932. The average molecular weight is 341 g/mol. The predicted molar refractivity (Wildman–Crippen MR) is 89.5 cm³/mol. The number of nitro groups is 1. The summed E-state index contributed by atoms with van der Waals surface area (Å²) in [7, 11) is 1.39. The highest BCUT2D eigenvalue weighted by molar-refractivity contribution is 5.95. The lowest BCUT2D eigenvalue weighted by molar-refractivity contribution is -0.384. The summed E-state index contributed by atoms with van der Waals surface area (Å²) in [5, 5.41) is 22.5. The van der Waals surface area contributed by atoms with Gasteiger partial charge in [0, 0.05) is 12.1 Å². The fraction of sp³-hybridized carbons (Fsp3) is 0.176. The summed E-state index contributed by atoms with van der Waals surface area (Å²) in [4.78, 5) is 22.6. The molecule has 0 radical (unpaired) electrons. The molecule has 0 bridgehead atoms. The molecule has 1 amide bonds. The Bertz CT molecular complexity index is 844. The van der Waals surface area contributed by atoms with E-state index in [9.17, 15) is 14.9 Å². The van der Waals surface area contributed by atoms with Crippen molar-refractivity contribution >= 4 is 17.3 Å². The van der Waals surface area contributed by atoms with Crippen LogP contribution in [0.4, 0.5) is 11.4 Å². The number of hydrogen-bond acceptors (Lipinski definition) is 6. The first-order valence-corrected chi connectivity index (χ1v) is 7.25. The number of nitrogens with zero attached hydrogens (tertiary/aromatic N) is 2. The smallest absolute Gasteiger partial charge is 0.271 e. The van der Waals surface area contributed by atoms with Crippen LogP contribution < -0.4 is 14.8 Å². The Labute approximate surface area is 143 Å². The van der Waals surface area contributed by atoms with Gasteiger partial charge >= 0.3 is 0 Å². The average Bonchev–Trinajstić information content (AvgIpc) is 2.61. The van der Waals surface area contributed by atoms with Crippen LogP contribution in [-0.2, 0) is 4.79 Å². The van der Waals surface area contributed by atoms with Gasteiger partial charge in [-0.15, -0.1) is 0 Å². The normalized spacial score (nSPS) is 11.1. The minimum Gasteiger partial charge on any atom is -0.495 e. The van der Waals surface area contributed by atoms with E-state index in [0.717, 1.165) is 0 Å². The Morgan fingerprint density at radius 3 is 2.64 bits per heavy atom. The highest BCUT2D eigenvalue weighted by atomic mass is 16.6. The van der Waals surface area contributed by atoms with E-state index in [1.165, 1.54) is 32.2 Å². The molecule has 2 aromatic rings. The lowest BCUT2D eigenvalue weighted by Crippen LogP contribution is -2.30. The molecule has 0 unspecified atom stereocenters. The zero-order valence-corrected chi connectivity index (χ0v) is 13.6. The van der Waals surface area contributed by atoms with Gasteiger partial charge in [0.05, 0.1) is 23.3 Å². The van der Waals surface area contributed by atoms with Gasteiger partial charge in [-0.05, 0) is 25.1 Å². The number of anilines is 1. The number of nitro benzene ring substituents is 1. The Hall–Kier alpha value is -3.60. The third-order valence-electron chi connectivity index (χ3n) is 3.33. The molecule has 0 aliphatic rings. The van der Waals surface area contributed by atoms with E-state index in [2.05, 4.69) is 5.32 Å². The molecular formula is C17H15N3O5. The van der Waals surface area contributed by atoms with Gasteiger partial charge < -0.3 is 14.8 Å². The van der Waals surface area contributed by atoms with Gasteiger partial charge in [-0.25, -0.2) is 0 Å². The van der Waals surface area contributed by atoms with Crippen LogP contribution in [0.25, 0.3) is 0 Å². The largest absolute Gasteiger partial charge is 0.495 e.